The van der Waals surface area contributed by atoms with Crippen LogP contribution in [-0.4, -0.2) is 62.9 Å². The molecule has 1 N–H and O–H groups in total. The third-order valence-corrected chi connectivity index (χ3v) is 3.58. The third kappa shape index (κ3) is 5.09. The summed E-state index contributed by atoms with van der Waals surface area (Å²) in [5.74, 6) is -0.217. The fraction of sp³-hybridized carbons (Fsp3) is 0.929. The van der Waals surface area contributed by atoms with Crippen molar-refractivity contribution in [2.75, 3.05) is 40.4 Å². The smallest absolute Gasteiger partial charge is 0.327 e. The highest BCUT2D eigenvalue weighted by Gasteiger charge is 2.35. The average Bonchev–Trinajstić information content (AvgIpc) is 2.38. The molecule has 0 aromatic rings. The molecule has 1 heterocycles. The van der Waals surface area contributed by atoms with Crippen LogP contribution < -0.4 is 5.32 Å². The van der Waals surface area contributed by atoms with Crippen molar-refractivity contribution < 1.29 is 14.3 Å². The summed E-state index contributed by atoms with van der Waals surface area (Å²) in [7, 11) is 3.46. The predicted octanol–water partition coefficient (Wildman–Crippen LogP) is 1.03. The number of carbonyl (C=O) groups excluding carboxylic acids is 1. The Balaban J connectivity index is 2.50. The molecule has 0 saturated carbocycles. The van der Waals surface area contributed by atoms with Gasteiger partial charge in [-0.2, -0.15) is 0 Å². The number of carbonyl (C=O) groups is 1. The Morgan fingerprint density at radius 2 is 2.26 bits per heavy atom. The van der Waals surface area contributed by atoms with E-state index in [0.29, 0.717) is 12.6 Å². The van der Waals surface area contributed by atoms with Crippen LogP contribution in [0.5, 0.6) is 0 Å². The van der Waals surface area contributed by atoms with Gasteiger partial charge >= 0.3 is 5.97 Å². The lowest BCUT2D eigenvalue weighted by atomic mass is 10.0. The molecule has 0 bridgehead atoms. The standard InChI is InChI=1S/C14H28N2O3/c1-5-15-14(2,13(17)18-4)11-16(3)10-12-8-6-7-9-19-12/h12,15H,5-11H2,1-4H3. The molecule has 1 fully saturated rings. The first-order valence-corrected chi connectivity index (χ1v) is 7.15. The van der Waals surface area contributed by atoms with E-state index in [0.717, 1.165) is 32.5 Å². The zero-order chi connectivity index (χ0) is 14.3. The van der Waals surface area contributed by atoms with Gasteiger partial charge in [-0.3, -0.25) is 4.79 Å². The maximum Gasteiger partial charge on any atom is 0.327 e. The maximum absolute atomic E-state index is 11.9. The fourth-order valence-electron chi connectivity index (χ4n) is 2.71. The van der Waals surface area contributed by atoms with Crippen LogP contribution in [0.15, 0.2) is 0 Å². The summed E-state index contributed by atoms with van der Waals surface area (Å²) in [6, 6.07) is 0. The lowest BCUT2D eigenvalue weighted by molar-refractivity contribution is -0.148. The van der Waals surface area contributed by atoms with Gasteiger partial charge in [0, 0.05) is 19.7 Å². The average molecular weight is 272 g/mol. The Hall–Kier alpha value is -0.650. The van der Waals surface area contributed by atoms with Crippen LogP contribution in [0.4, 0.5) is 0 Å². The van der Waals surface area contributed by atoms with Gasteiger partial charge in [0.2, 0.25) is 0 Å². The van der Waals surface area contributed by atoms with Crippen molar-refractivity contribution in [1.82, 2.24) is 10.2 Å². The Bertz CT molecular complexity index is 280. The zero-order valence-electron chi connectivity index (χ0n) is 12.7. The second kappa shape index (κ2) is 7.82. The normalized spacial score (nSPS) is 23.1. The molecule has 1 rings (SSSR count). The van der Waals surface area contributed by atoms with Gasteiger partial charge in [-0.1, -0.05) is 6.92 Å². The number of nitrogens with zero attached hydrogens (tertiary/aromatic N) is 1. The van der Waals surface area contributed by atoms with Crippen LogP contribution >= 0.6 is 0 Å². The van der Waals surface area contributed by atoms with Gasteiger partial charge in [-0.05, 0) is 39.8 Å². The van der Waals surface area contributed by atoms with Crippen molar-refractivity contribution in [3.8, 4) is 0 Å². The number of likely N-dealkylation sites (N-methyl/N-ethyl adjacent to an activating group) is 2. The predicted molar refractivity (Wildman–Crippen MR) is 75.2 cm³/mol. The van der Waals surface area contributed by atoms with E-state index >= 15 is 0 Å². The highest BCUT2D eigenvalue weighted by Crippen LogP contribution is 2.15. The molecule has 0 aromatic heterocycles. The van der Waals surface area contributed by atoms with Gasteiger partial charge in [0.1, 0.15) is 5.54 Å². The lowest BCUT2D eigenvalue weighted by Gasteiger charge is -2.34. The molecule has 1 saturated heterocycles. The molecule has 2 atom stereocenters. The minimum Gasteiger partial charge on any atom is -0.468 e. The van der Waals surface area contributed by atoms with Crippen LogP contribution in [-0.2, 0) is 14.3 Å². The van der Waals surface area contributed by atoms with Crippen LogP contribution in [0.1, 0.15) is 33.1 Å². The molecule has 5 heteroatoms. The van der Waals surface area contributed by atoms with Gasteiger partial charge in [-0.15, -0.1) is 0 Å². The molecule has 0 amide bonds. The van der Waals surface area contributed by atoms with Crippen molar-refractivity contribution >= 4 is 5.97 Å². The molecule has 0 spiro atoms. The van der Waals surface area contributed by atoms with E-state index in [1.807, 2.05) is 20.9 Å². The highest BCUT2D eigenvalue weighted by atomic mass is 16.5. The first kappa shape index (κ1) is 16.4. The van der Waals surface area contributed by atoms with E-state index in [4.69, 9.17) is 9.47 Å². The van der Waals surface area contributed by atoms with Gasteiger partial charge < -0.3 is 19.7 Å². The molecule has 2 unspecified atom stereocenters. The molecular weight excluding hydrogens is 244 g/mol. The molecule has 0 aromatic carbocycles. The highest BCUT2D eigenvalue weighted by molar-refractivity contribution is 5.80. The zero-order valence-corrected chi connectivity index (χ0v) is 12.7. The lowest BCUT2D eigenvalue weighted by Crippen LogP contribution is -2.57. The Morgan fingerprint density at radius 3 is 2.79 bits per heavy atom. The molecule has 19 heavy (non-hydrogen) atoms. The summed E-state index contributed by atoms with van der Waals surface area (Å²) in [5.41, 5.74) is -0.660. The van der Waals surface area contributed by atoms with E-state index in [-0.39, 0.29) is 5.97 Å². The molecule has 5 nitrogen and oxygen atoms in total. The second-order valence-corrected chi connectivity index (χ2v) is 5.54. The summed E-state index contributed by atoms with van der Waals surface area (Å²) < 4.78 is 10.6. The van der Waals surface area contributed by atoms with Crippen molar-refractivity contribution in [2.45, 2.75) is 44.8 Å². The first-order valence-electron chi connectivity index (χ1n) is 7.15. The molecule has 1 aliphatic rings. The Labute approximate surface area is 116 Å². The topological polar surface area (TPSA) is 50.8 Å². The van der Waals surface area contributed by atoms with Gasteiger partial charge in [-0.25, -0.2) is 0 Å². The maximum atomic E-state index is 11.9. The summed E-state index contributed by atoms with van der Waals surface area (Å²) >= 11 is 0. The molecule has 0 aliphatic carbocycles. The summed E-state index contributed by atoms with van der Waals surface area (Å²) in [6.07, 6.45) is 3.81. The number of nitrogens with one attached hydrogen (secondary N) is 1. The van der Waals surface area contributed by atoms with E-state index in [1.165, 1.54) is 13.5 Å². The van der Waals surface area contributed by atoms with Crippen molar-refractivity contribution in [1.29, 1.82) is 0 Å². The molecule has 112 valence electrons. The molecular formula is C14H28N2O3. The van der Waals surface area contributed by atoms with Gasteiger partial charge in [0.25, 0.3) is 0 Å². The van der Waals surface area contributed by atoms with Crippen LogP contribution in [0.3, 0.4) is 0 Å². The quantitative estimate of drug-likeness (QED) is 0.702. The molecule has 0 radical (unpaired) electrons. The minimum absolute atomic E-state index is 0.217. The number of hydrogen-bond donors (Lipinski definition) is 1. The van der Waals surface area contributed by atoms with Crippen molar-refractivity contribution in [2.24, 2.45) is 0 Å². The SMILES string of the molecule is CCNC(C)(CN(C)CC1CCCCO1)C(=O)OC. The van der Waals surface area contributed by atoms with E-state index in [2.05, 4.69) is 10.2 Å². The Kier molecular flexibility index (Phi) is 6.75. The number of esters is 1. The number of rotatable bonds is 7. The second-order valence-electron chi connectivity index (χ2n) is 5.54. The molecule has 1 aliphatic heterocycles. The fourth-order valence-corrected chi connectivity index (χ4v) is 2.71. The monoisotopic (exact) mass is 272 g/mol. The van der Waals surface area contributed by atoms with Crippen molar-refractivity contribution in [3.63, 3.8) is 0 Å². The number of ether oxygens (including phenoxy) is 2. The third-order valence-electron chi connectivity index (χ3n) is 3.58. The van der Waals surface area contributed by atoms with E-state index in [1.54, 1.807) is 0 Å². The number of hydrogen-bond acceptors (Lipinski definition) is 5. The van der Waals surface area contributed by atoms with Crippen LogP contribution in [0.2, 0.25) is 0 Å². The van der Waals surface area contributed by atoms with E-state index < -0.39 is 5.54 Å². The largest absolute Gasteiger partial charge is 0.468 e. The van der Waals surface area contributed by atoms with Crippen molar-refractivity contribution in [3.05, 3.63) is 0 Å². The Morgan fingerprint density at radius 1 is 1.53 bits per heavy atom. The van der Waals surface area contributed by atoms with Crippen LogP contribution in [0.25, 0.3) is 0 Å². The first-order chi connectivity index (χ1) is 9.01. The van der Waals surface area contributed by atoms with E-state index in [9.17, 15) is 4.79 Å². The summed E-state index contributed by atoms with van der Waals surface area (Å²) in [4.78, 5) is 14.1. The summed E-state index contributed by atoms with van der Waals surface area (Å²) in [5, 5.41) is 3.22. The van der Waals surface area contributed by atoms with Gasteiger partial charge in [0.15, 0.2) is 0 Å². The van der Waals surface area contributed by atoms with Crippen LogP contribution in [0, 0.1) is 0 Å². The minimum atomic E-state index is -0.660. The number of methoxy groups -OCH3 is 1. The summed E-state index contributed by atoms with van der Waals surface area (Å²) in [6.45, 7) is 6.96. The van der Waals surface area contributed by atoms with Gasteiger partial charge in [0.05, 0.1) is 13.2 Å².